The Morgan fingerprint density at radius 2 is 1.57 bits per heavy atom. The van der Waals surface area contributed by atoms with Gasteiger partial charge in [-0.1, -0.05) is 71.3 Å². The normalized spacial score (nSPS) is 25.2. The third-order valence-electron chi connectivity index (χ3n) is 11.9. The molecule has 300 valence electrons. The van der Waals surface area contributed by atoms with Gasteiger partial charge >= 0.3 is 6.18 Å². The summed E-state index contributed by atoms with van der Waals surface area (Å²) in [5, 5.41) is 13.5. The Kier molecular flexibility index (Phi) is 9.41. The minimum atomic E-state index is -4.83. The number of amides is 4. The first-order valence-corrected chi connectivity index (χ1v) is 18.8. The van der Waals surface area contributed by atoms with Crippen LogP contribution >= 0.6 is 11.6 Å². The highest BCUT2D eigenvalue weighted by Gasteiger charge is 2.70. The molecule has 2 aliphatic carbocycles. The number of methoxy groups -OCH3 is 2. The fourth-order valence-electron chi connectivity index (χ4n) is 9.39. The topological polar surface area (TPSA) is 142 Å². The molecule has 0 spiro atoms. The number of imide groups is 2. The number of aryl methyl sites for hydroxylation is 1. The first kappa shape index (κ1) is 38.8. The van der Waals surface area contributed by atoms with Gasteiger partial charge in [0, 0.05) is 13.0 Å². The van der Waals surface area contributed by atoms with Gasteiger partial charge in [-0.2, -0.15) is 23.2 Å². The highest BCUT2D eigenvalue weighted by atomic mass is 35.5. The molecule has 4 aromatic rings. The lowest BCUT2D eigenvalue weighted by atomic mass is 9.49. The molecule has 2 saturated heterocycles. The Bertz CT molecular complexity index is 2370. The number of alkyl halides is 3. The zero-order valence-corrected chi connectivity index (χ0v) is 32.3. The second-order valence-electron chi connectivity index (χ2n) is 14.9. The van der Waals surface area contributed by atoms with Crippen molar-refractivity contribution < 1.29 is 46.9 Å². The number of halogens is 4. The van der Waals surface area contributed by atoms with E-state index in [9.17, 15) is 32.7 Å². The highest BCUT2D eigenvalue weighted by molar-refractivity contribution is 6.33. The molecule has 2 aliphatic heterocycles. The molecule has 2 N–H and O–H groups in total. The van der Waals surface area contributed by atoms with Crippen LogP contribution in [0.3, 0.4) is 0 Å². The number of anilines is 2. The maximum absolute atomic E-state index is 15.4. The predicted octanol–water partition coefficient (Wildman–Crippen LogP) is 6.82. The number of ether oxygens (including phenoxy) is 2. The maximum Gasteiger partial charge on any atom is 0.433 e. The van der Waals surface area contributed by atoms with E-state index >= 15 is 4.79 Å². The molecule has 8 rings (SSSR count). The zero-order chi connectivity index (χ0) is 41.4. The summed E-state index contributed by atoms with van der Waals surface area (Å²) in [5.74, 6) is -8.16. The van der Waals surface area contributed by atoms with Crippen LogP contribution in [0.5, 0.6) is 17.2 Å². The number of nitrogens with one attached hydrogen (secondary N) is 1. The fraction of sp³-hybridized carbons (Fsp3) is 0.310. The molecule has 16 heteroatoms. The third kappa shape index (κ3) is 5.77. The van der Waals surface area contributed by atoms with Crippen molar-refractivity contribution in [3.63, 3.8) is 0 Å². The van der Waals surface area contributed by atoms with E-state index < -0.39 is 76.3 Å². The number of allylic oxidation sites excluding steroid dienone is 2. The van der Waals surface area contributed by atoms with Crippen LogP contribution in [0.4, 0.5) is 24.7 Å². The minimum Gasteiger partial charge on any atom is -0.502 e. The standard InChI is InChI=1S/C42H37ClF3N5O7/c1-21-10-12-24(13-11-21)48-50-38(54)28-20-27-25(14-15-26-33(27)39(55)51(37(26)53)49(2)36-29(43)16-17-32(47-36)42(44,45)46)34(22-18-30(57-3)35(52)31(19-22)58-4)41(28,40(50)56)23-8-6-5-7-9-23/h5-14,16-19,26-28,33-34,48,52H,15,20H2,1-4H3/t26-,27+,28-,33-,34-,41+/m0/s1. The van der Waals surface area contributed by atoms with Gasteiger partial charge in [-0.15, -0.1) is 0 Å². The number of benzene rings is 3. The number of carbonyl (C=O) groups excluding carboxylic acids is 4. The fourth-order valence-corrected chi connectivity index (χ4v) is 9.62. The first-order chi connectivity index (χ1) is 27.6. The minimum absolute atomic E-state index is 0.0288. The van der Waals surface area contributed by atoms with E-state index in [1.807, 2.05) is 25.1 Å². The van der Waals surface area contributed by atoms with Crippen LogP contribution in [0.2, 0.25) is 5.02 Å². The van der Waals surface area contributed by atoms with Crippen LogP contribution in [0, 0.1) is 30.6 Å². The summed E-state index contributed by atoms with van der Waals surface area (Å²) < 4.78 is 52.3. The van der Waals surface area contributed by atoms with E-state index in [0.717, 1.165) is 26.7 Å². The Hall–Kier alpha value is -6.09. The van der Waals surface area contributed by atoms with Gasteiger partial charge in [0.05, 0.1) is 48.1 Å². The van der Waals surface area contributed by atoms with E-state index in [-0.39, 0.29) is 35.1 Å². The molecule has 0 bridgehead atoms. The monoisotopic (exact) mass is 815 g/mol. The average molecular weight is 816 g/mol. The summed E-state index contributed by atoms with van der Waals surface area (Å²) in [4.78, 5) is 63.0. The smallest absolute Gasteiger partial charge is 0.433 e. The van der Waals surface area contributed by atoms with Gasteiger partial charge < -0.3 is 14.6 Å². The van der Waals surface area contributed by atoms with Crippen LogP contribution in [-0.2, 0) is 30.8 Å². The lowest BCUT2D eigenvalue weighted by Crippen LogP contribution is -2.53. The second kappa shape index (κ2) is 14.1. The van der Waals surface area contributed by atoms with E-state index in [1.54, 1.807) is 54.6 Å². The molecule has 4 amide bonds. The van der Waals surface area contributed by atoms with Gasteiger partial charge in [0.2, 0.25) is 5.75 Å². The number of carbonyl (C=O) groups is 4. The van der Waals surface area contributed by atoms with Crippen molar-refractivity contribution in [3.05, 3.63) is 118 Å². The van der Waals surface area contributed by atoms with Crippen molar-refractivity contribution in [1.29, 1.82) is 0 Å². The molecule has 3 aromatic carbocycles. The van der Waals surface area contributed by atoms with E-state index in [4.69, 9.17) is 21.1 Å². The van der Waals surface area contributed by atoms with Gasteiger partial charge in [-0.05, 0) is 73.2 Å². The van der Waals surface area contributed by atoms with Crippen molar-refractivity contribution in [2.75, 3.05) is 31.7 Å². The molecule has 12 nitrogen and oxygen atoms in total. The van der Waals surface area contributed by atoms with Crippen molar-refractivity contribution in [2.45, 2.75) is 37.3 Å². The van der Waals surface area contributed by atoms with Crippen LogP contribution in [0.1, 0.15) is 41.1 Å². The molecular formula is C42H37ClF3N5O7. The first-order valence-electron chi connectivity index (χ1n) is 18.4. The molecule has 3 heterocycles. The largest absolute Gasteiger partial charge is 0.502 e. The van der Waals surface area contributed by atoms with Crippen LogP contribution in [0.25, 0.3) is 0 Å². The Balaban J connectivity index is 1.30. The summed E-state index contributed by atoms with van der Waals surface area (Å²) in [6.07, 6.45) is -3.02. The Morgan fingerprint density at radius 1 is 0.914 bits per heavy atom. The molecule has 0 unspecified atom stereocenters. The SMILES string of the molecule is COc1cc([C@H]2C3=CC[C@@H]4C(=O)N(N(C)c5nc(C(F)(F)F)ccc5Cl)C(=O)[C@@H]4[C@@H]3C[C@H]3C(=O)N(Nc4ccc(C)cc4)C(=O)[C@@]23c2ccccc2)cc(OC)c1O. The third-order valence-corrected chi connectivity index (χ3v) is 12.2. The molecule has 58 heavy (non-hydrogen) atoms. The number of hydrazine groups is 2. The summed E-state index contributed by atoms with van der Waals surface area (Å²) in [5.41, 5.74) is 3.12. The van der Waals surface area contributed by atoms with Gasteiger partial charge in [0.15, 0.2) is 17.3 Å². The molecular weight excluding hydrogens is 779 g/mol. The molecule has 0 radical (unpaired) electrons. The summed E-state index contributed by atoms with van der Waals surface area (Å²) >= 11 is 6.32. The van der Waals surface area contributed by atoms with E-state index in [0.29, 0.717) is 28.5 Å². The van der Waals surface area contributed by atoms with Gasteiger partial charge in [-0.25, -0.2) is 4.98 Å². The van der Waals surface area contributed by atoms with Crippen LogP contribution in [-0.4, -0.2) is 65.0 Å². The number of phenolic OH excluding ortho intramolecular Hbond substituents is 1. The number of hydrogen-bond donors (Lipinski definition) is 2. The van der Waals surface area contributed by atoms with Gasteiger partial charge in [0.25, 0.3) is 23.6 Å². The van der Waals surface area contributed by atoms with Crippen molar-refractivity contribution in [2.24, 2.45) is 23.7 Å². The lowest BCUT2D eigenvalue weighted by Gasteiger charge is -2.50. The van der Waals surface area contributed by atoms with Crippen molar-refractivity contribution in [3.8, 4) is 17.2 Å². The van der Waals surface area contributed by atoms with E-state index in [1.165, 1.54) is 21.3 Å². The number of nitrogens with zero attached hydrogens (tertiary/aromatic N) is 4. The maximum atomic E-state index is 15.4. The average Bonchev–Trinajstić information content (AvgIpc) is 3.59. The molecule has 3 fully saturated rings. The molecule has 1 aromatic heterocycles. The number of rotatable bonds is 8. The number of hydrogen-bond acceptors (Lipinski definition) is 10. The predicted molar refractivity (Wildman–Crippen MR) is 205 cm³/mol. The number of phenols is 1. The van der Waals surface area contributed by atoms with Gasteiger partial charge in [0.1, 0.15) is 5.69 Å². The summed E-state index contributed by atoms with van der Waals surface area (Å²) in [6.45, 7) is 1.90. The number of fused-ring (bicyclic) bond motifs is 4. The van der Waals surface area contributed by atoms with Crippen molar-refractivity contribution in [1.82, 2.24) is 15.0 Å². The molecule has 1 saturated carbocycles. The number of pyridine rings is 1. The second-order valence-corrected chi connectivity index (χ2v) is 15.3. The molecule has 6 atom stereocenters. The molecule has 4 aliphatic rings. The van der Waals surface area contributed by atoms with Crippen LogP contribution < -0.4 is 19.9 Å². The lowest BCUT2D eigenvalue weighted by molar-refractivity contribution is -0.142. The number of aromatic nitrogens is 1. The van der Waals surface area contributed by atoms with E-state index in [2.05, 4.69) is 10.4 Å². The highest BCUT2D eigenvalue weighted by Crippen LogP contribution is 2.65. The summed E-state index contributed by atoms with van der Waals surface area (Å²) in [7, 11) is 3.96. The zero-order valence-electron chi connectivity index (χ0n) is 31.6. The van der Waals surface area contributed by atoms with Crippen molar-refractivity contribution >= 4 is 46.7 Å². The Morgan fingerprint density at radius 3 is 2.19 bits per heavy atom. The Labute approximate surface area is 335 Å². The van der Waals surface area contributed by atoms with Crippen LogP contribution in [0.15, 0.2) is 90.5 Å². The van der Waals surface area contributed by atoms with Gasteiger partial charge in [-0.3, -0.25) is 29.6 Å². The quantitative estimate of drug-likeness (QED) is 0.144. The summed E-state index contributed by atoms with van der Waals surface area (Å²) in [6, 6.07) is 20.8. The number of aromatic hydroxyl groups is 1.